The number of amides is 1. The molecule has 6 nitrogen and oxygen atoms in total. The third kappa shape index (κ3) is 5.85. The molecular weight excluding hydrogens is 342 g/mol. The predicted molar refractivity (Wildman–Crippen MR) is 95.1 cm³/mol. The Morgan fingerprint density at radius 2 is 1.84 bits per heavy atom. The van der Waals surface area contributed by atoms with E-state index in [-0.39, 0.29) is 11.5 Å². The van der Waals surface area contributed by atoms with Gasteiger partial charge in [-0.2, -0.15) is 0 Å². The quantitative estimate of drug-likeness (QED) is 0.774. The van der Waals surface area contributed by atoms with E-state index in [0.717, 1.165) is 12.0 Å². The lowest BCUT2D eigenvalue weighted by Crippen LogP contribution is -2.42. The van der Waals surface area contributed by atoms with Crippen LogP contribution in [0.25, 0.3) is 0 Å². The number of ether oxygens (including phenoxy) is 1. The van der Waals surface area contributed by atoms with E-state index < -0.39 is 33.9 Å². The summed E-state index contributed by atoms with van der Waals surface area (Å²) in [5, 5.41) is 2.63. The Morgan fingerprint density at radius 1 is 1.20 bits per heavy atom. The van der Waals surface area contributed by atoms with Crippen molar-refractivity contribution in [2.24, 2.45) is 5.92 Å². The van der Waals surface area contributed by atoms with Gasteiger partial charge in [-0.1, -0.05) is 26.0 Å². The van der Waals surface area contributed by atoms with Crippen LogP contribution in [0.15, 0.2) is 24.3 Å². The van der Waals surface area contributed by atoms with E-state index in [1.807, 2.05) is 12.1 Å². The minimum atomic E-state index is -3.07. The zero-order valence-corrected chi connectivity index (χ0v) is 15.6. The summed E-state index contributed by atoms with van der Waals surface area (Å²) in [5.41, 5.74) is 1.52. The van der Waals surface area contributed by atoms with Crippen LogP contribution in [0, 0.1) is 5.92 Å². The molecule has 1 heterocycles. The van der Waals surface area contributed by atoms with Gasteiger partial charge in [0.2, 0.25) is 0 Å². The zero-order valence-electron chi connectivity index (χ0n) is 14.8. The Kier molecular flexibility index (Phi) is 6.21. The summed E-state index contributed by atoms with van der Waals surface area (Å²) in [6, 6.07) is 6.73. The molecule has 0 saturated carbocycles. The van der Waals surface area contributed by atoms with Gasteiger partial charge in [0.05, 0.1) is 17.1 Å². The summed E-state index contributed by atoms with van der Waals surface area (Å²) in [7, 11) is -3.07. The van der Waals surface area contributed by atoms with Crippen LogP contribution in [0.5, 0.6) is 0 Å². The number of carbonyl (C=O) groups is 2. The molecule has 0 aliphatic carbocycles. The maximum Gasteiger partial charge on any atom is 0.338 e. The lowest BCUT2D eigenvalue weighted by molar-refractivity contribution is -0.129. The van der Waals surface area contributed by atoms with Crippen molar-refractivity contribution in [2.45, 2.75) is 45.8 Å². The smallest absolute Gasteiger partial charge is 0.338 e. The van der Waals surface area contributed by atoms with E-state index in [4.69, 9.17) is 4.74 Å². The number of benzene rings is 1. The Balaban J connectivity index is 1.87. The van der Waals surface area contributed by atoms with E-state index in [0.29, 0.717) is 17.9 Å². The van der Waals surface area contributed by atoms with Crippen LogP contribution < -0.4 is 5.32 Å². The highest BCUT2D eigenvalue weighted by molar-refractivity contribution is 7.91. The lowest BCUT2D eigenvalue weighted by atomic mass is 10.0. The number of sulfone groups is 1. The van der Waals surface area contributed by atoms with Crippen LogP contribution in [-0.4, -0.2) is 43.9 Å². The minimum Gasteiger partial charge on any atom is -0.449 e. The summed E-state index contributed by atoms with van der Waals surface area (Å²) in [6.45, 7) is 5.72. The first-order valence-corrected chi connectivity index (χ1v) is 10.3. The number of hydrogen-bond acceptors (Lipinski definition) is 5. The molecule has 0 spiro atoms. The fourth-order valence-corrected chi connectivity index (χ4v) is 4.43. The highest BCUT2D eigenvalue weighted by Gasteiger charge is 2.30. The summed E-state index contributed by atoms with van der Waals surface area (Å²) in [5.74, 6) is -0.503. The van der Waals surface area contributed by atoms with E-state index in [1.165, 1.54) is 6.92 Å². The highest BCUT2D eigenvalue weighted by Crippen LogP contribution is 2.13. The highest BCUT2D eigenvalue weighted by atomic mass is 32.2. The standard InChI is InChI=1S/C18H25NO5S/c1-12(2)10-14-4-6-15(7-5-14)18(21)24-13(3)17(20)19-16-8-9-25(22,23)11-16/h4-7,12-13,16H,8-11H2,1-3H3,(H,19,20)/t13-,16+/m0/s1. The lowest BCUT2D eigenvalue weighted by Gasteiger charge is -2.16. The monoisotopic (exact) mass is 367 g/mol. The third-order valence-electron chi connectivity index (χ3n) is 4.07. The maximum atomic E-state index is 12.1. The Bertz CT molecular complexity index is 724. The first kappa shape index (κ1) is 19.4. The molecule has 1 aliphatic heterocycles. The zero-order chi connectivity index (χ0) is 18.6. The fourth-order valence-electron chi connectivity index (χ4n) is 2.76. The summed E-state index contributed by atoms with van der Waals surface area (Å²) in [4.78, 5) is 24.2. The van der Waals surface area contributed by atoms with Crippen LogP contribution in [0.3, 0.4) is 0 Å². The second-order valence-corrected chi connectivity index (χ2v) is 9.18. The molecule has 0 bridgehead atoms. The molecule has 1 amide bonds. The molecule has 1 aliphatic rings. The molecule has 25 heavy (non-hydrogen) atoms. The number of nitrogens with one attached hydrogen (secondary N) is 1. The van der Waals surface area contributed by atoms with Gasteiger partial charge in [0, 0.05) is 6.04 Å². The average molecular weight is 367 g/mol. The van der Waals surface area contributed by atoms with Gasteiger partial charge < -0.3 is 10.1 Å². The molecule has 0 radical (unpaired) electrons. The van der Waals surface area contributed by atoms with Crippen molar-refractivity contribution in [3.8, 4) is 0 Å². The normalized spacial score (nSPS) is 20.2. The summed E-state index contributed by atoms with van der Waals surface area (Å²) in [6.07, 6.45) is 0.343. The van der Waals surface area contributed by atoms with E-state index in [1.54, 1.807) is 12.1 Å². The summed E-state index contributed by atoms with van der Waals surface area (Å²) < 4.78 is 28.0. The molecule has 1 fully saturated rings. The Morgan fingerprint density at radius 3 is 2.36 bits per heavy atom. The molecule has 1 aromatic carbocycles. The molecule has 2 rings (SSSR count). The topological polar surface area (TPSA) is 89.5 Å². The number of esters is 1. The average Bonchev–Trinajstić information content (AvgIpc) is 2.86. The van der Waals surface area contributed by atoms with E-state index >= 15 is 0 Å². The van der Waals surface area contributed by atoms with Crippen LogP contribution in [0.2, 0.25) is 0 Å². The van der Waals surface area contributed by atoms with Gasteiger partial charge >= 0.3 is 5.97 Å². The van der Waals surface area contributed by atoms with Crippen LogP contribution in [-0.2, 0) is 25.8 Å². The van der Waals surface area contributed by atoms with Gasteiger partial charge in [-0.05, 0) is 43.4 Å². The minimum absolute atomic E-state index is 0.0588. The number of carbonyl (C=O) groups excluding carboxylic acids is 2. The third-order valence-corrected chi connectivity index (χ3v) is 5.83. The second-order valence-electron chi connectivity index (χ2n) is 6.95. The van der Waals surface area contributed by atoms with Crippen molar-refractivity contribution in [3.05, 3.63) is 35.4 Å². The predicted octanol–water partition coefficient (Wildman–Crippen LogP) is 1.73. The molecule has 1 saturated heterocycles. The van der Waals surface area contributed by atoms with Crippen molar-refractivity contribution in [2.75, 3.05) is 11.5 Å². The SMILES string of the molecule is CC(C)Cc1ccc(C(=O)O[C@@H](C)C(=O)N[C@@H]2CCS(=O)(=O)C2)cc1. The molecule has 1 aromatic rings. The van der Waals surface area contributed by atoms with Crippen molar-refractivity contribution in [1.82, 2.24) is 5.32 Å². The largest absolute Gasteiger partial charge is 0.449 e. The van der Waals surface area contributed by atoms with Crippen LogP contribution in [0.4, 0.5) is 0 Å². The second kappa shape index (κ2) is 7.99. The van der Waals surface area contributed by atoms with Crippen LogP contribution in [0.1, 0.15) is 43.1 Å². The maximum absolute atomic E-state index is 12.1. The van der Waals surface area contributed by atoms with Crippen molar-refractivity contribution >= 4 is 21.7 Å². The molecule has 1 N–H and O–H groups in total. The van der Waals surface area contributed by atoms with Gasteiger partial charge in [-0.3, -0.25) is 4.79 Å². The van der Waals surface area contributed by atoms with E-state index in [9.17, 15) is 18.0 Å². The molecule has 138 valence electrons. The van der Waals surface area contributed by atoms with Crippen molar-refractivity contribution in [3.63, 3.8) is 0 Å². The van der Waals surface area contributed by atoms with Crippen LogP contribution >= 0.6 is 0 Å². The first-order valence-electron chi connectivity index (χ1n) is 8.47. The fraction of sp³-hybridized carbons (Fsp3) is 0.556. The first-order chi connectivity index (χ1) is 11.7. The number of rotatable bonds is 6. The van der Waals surface area contributed by atoms with Gasteiger partial charge in [0.15, 0.2) is 15.9 Å². The van der Waals surface area contributed by atoms with Gasteiger partial charge in [-0.25, -0.2) is 13.2 Å². The van der Waals surface area contributed by atoms with Gasteiger partial charge in [0.1, 0.15) is 0 Å². The Labute approximate surface area is 148 Å². The molecular formula is C18H25NO5S. The summed E-state index contributed by atoms with van der Waals surface area (Å²) >= 11 is 0. The molecule has 0 unspecified atom stereocenters. The molecule has 0 aromatic heterocycles. The van der Waals surface area contributed by atoms with E-state index in [2.05, 4.69) is 19.2 Å². The Hall–Kier alpha value is -1.89. The number of hydrogen-bond donors (Lipinski definition) is 1. The molecule has 2 atom stereocenters. The van der Waals surface area contributed by atoms with Crippen molar-refractivity contribution < 1.29 is 22.7 Å². The molecule has 7 heteroatoms. The van der Waals surface area contributed by atoms with Crippen molar-refractivity contribution in [1.29, 1.82) is 0 Å². The van der Waals surface area contributed by atoms with Gasteiger partial charge in [-0.15, -0.1) is 0 Å². The van der Waals surface area contributed by atoms with Gasteiger partial charge in [0.25, 0.3) is 5.91 Å².